The molecule has 2 heterocycles. The molecule has 126 valence electrons. The summed E-state index contributed by atoms with van der Waals surface area (Å²) in [6.07, 6.45) is 6.52. The maximum absolute atomic E-state index is 12.3. The van der Waals surface area contributed by atoms with Crippen LogP contribution in [0.5, 0.6) is 0 Å². The fraction of sp³-hybridized carbons (Fsp3) is 0.0556. The number of nitrogens with one attached hydrogen (secondary N) is 2. The van der Waals surface area contributed by atoms with E-state index < -0.39 is 0 Å². The minimum Gasteiger partial charge on any atom is -0.353 e. The van der Waals surface area contributed by atoms with Gasteiger partial charge in [-0.05, 0) is 35.9 Å². The molecule has 2 aromatic heterocycles. The molecule has 1 aromatic carbocycles. The monoisotopic (exact) mass is 372 g/mol. The zero-order valence-corrected chi connectivity index (χ0v) is 14.6. The standard InChI is InChI=1S/C18H14Cl2N4O/c19-14-3-4-17(16(20)7-14)24-15-6-13(10-22-11-15)18(25)23-9-12-2-1-5-21-8-12/h1-8,10-11,24H,9H2,(H,23,25). The highest BCUT2D eigenvalue weighted by atomic mass is 35.5. The van der Waals surface area contributed by atoms with Crippen molar-refractivity contribution in [2.45, 2.75) is 6.54 Å². The lowest BCUT2D eigenvalue weighted by Crippen LogP contribution is -2.23. The molecule has 0 aliphatic heterocycles. The number of hydrogen-bond donors (Lipinski definition) is 2. The average molecular weight is 373 g/mol. The van der Waals surface area contributed by atoms with E-state index in [0.29, 0.717) is 33.5 Å². The van der Waals surface area contributed by atoms with Gasteiger partial charge in [-0.25, -0.2) is 0 Å². The third-order valence-electron chi connectivity index (χ3n) is 3.39. The average Bonchev–Trinajstić information content (AvgIpc) is 2.63. The molecule has 0 spiro atoms. The molecule has 25 heavy (non-hydrogen) atoms. The molecule has 0 unspecified atom stereocenters. The number of carbonyl (C=O) groups is 1. The molecular weight excluding hydrogens is 359 g/mol. The second kappa shape index (κ2) is 7.96. The van der Waals surface area contributed by atoms with Crippen LogP contribution in [0.1, 0.15) is 15.9 Å². The summed E-state index contributed by atoms with van der Waals surface area (Å²) in [5, 5.41) is 7.00. The number of benzene rings is 1. The predicted octanol–water partition coefficient (Wildman–Crippen LogP) is 4.46. The van der Waals surface area contributed by atoms with Gasteiger partial charge in [-0.15, -0.1) is 0 Å². The fourth-order valence-electron chi connectivity index (χ4n) is 2.17. The van der Waals surface area contributed by atoms with Crippen molar-refractivity contribution in [1.29, 1.82) is 0 Å². The van der Waals surface area contributed by atoms with Crippen molar-refractivity contribution < 1.29 is 4.79 Å². The molecule has 0 saturated carbocycles. The highest BCUT2D eigenvalue weighted by molar-refractivity contribution is 6.36. The number of hydrogen-bond acceptors (Lipinski definition) is 4. The molecule has 3 rings (SSSR count). The summed E-state index contributed by atoms with van der Waals surface area (Å²) in [6, 6.07) is 10.6. The number of carbonyl (C=O) groups excluding carboxylic acids is 1. The van der Waals surface area contributed by atoms with Crippen molar-refractivity contribution in [2.24, 2.45) is 0 Å². The first kappa shape index (κ1) is 17.2. The molecule has 0 aliphatic rings. The van der Waals surface area contributed by atoms with Crippen LogP contribution in [0.2, 0.25) is 10.0 Å². The number of aromatic nitrogens is 2. The molecule has 0 saturated heterocycles. The van der Waals surface area contributed by atoms with Gasteiger partial charge in [0.25, 0.3) is 5.91 Å². The summed E-state index contributed by atoms with van der Waals surface area (Å²) in [5.74, 6) is -0.220. The number of amides is 1. The van der Waals surface area contributed by atoms with Gasteiger partial charge in [0, 0.05) is 30.2 Å². The lowest BCUT2D eigenvalue weighted by atomic mass is 10.2. The van der Waals surface area contributed by atoms with Gasteiger partial charge >= 0.3 is 0 Å². The van der Waals surface area contributed by atoms with Gasteiger partial charge in [-0.1, -0.05) is 29.3 Å². The van der Waals surface area contributed by atoms with Crippen molar-refractivity contribution in [3.8, 4) is 0 Å². The van der Waals surface area contributed by atoms with Crippen LogP contribution in [0.4, 0.5) is 11.4 Å². The lowest BCUT2D eigenvalue weighted by Gasteiger charge is -2.10. The van der Waals surface area contributed by atoms with Crippen molar-refractivity contribution in [3.05, 3.63) is 82.4 Å². The minimum atomic E-state index is -0.220. The Kier molecular flexibility index (Phi) is 5.48. The molecule has 0 fully saturated rings. The Morgan fingerprint density at radius 3 is 2.68 bits per heavy atom. The quantitative estimate of drug-likeness (QED) is 0.693. The topological polar surface area (TPSA) is 66.9 Å². The Morgan fingerprint density at radius 1 is 1.04 bits per heavy atom. The fourth-order valence-corrected chi connectivity index (χ4v) is 2.62. The number of halogens is 2. The van der Waals surface area contributed by atoms with E-state index in [2.05, 4.69) is 20.6 Å². The molecule has 0 aliphatic carbocycles. The molecule has 2 N–H and O–H groups in total. The maximum atomic E-state index is 12.3. The van der Waals surface area contributed by atoms with Crippen molar-refractivity contribution in [1.82, 2.24) is 15.3 Å². The van der Waals surface area contributed by atoms with Crippen LogP contribution in [0.3, 0.4) is 0 Å². The summed E-state index contributed by atoms with van der Waals surface area (Å²) in [4.78, 5) is 20.4. The van der Waals surface area contributed by atoms with E-state index in [1.165, 1.54) is 6.20 Å². The van der Waals surface area contributed by atoms with Crippen LogP contribution < -0.4 is 10.6 Å². The summed E-state index contributed by atoms with van der Waals surface area (Å²) in [7, 11) is 0. The van der Waals surface area contributed by atoms with Gasteiger partial charge in [0.15, 0.2) is 0 Å². The van der Waals surface area contributed by atoms with Gasteiger partial charge in [-0.2, -0.15) is 0 Å². The third kappa shape index (κ3) is 4.68. The van der Waals surface area contributed by atoms with Crippen LogP contribution >= 0.6 is 23.2 Å². The Balaban J connectivity index is 1.69. The summed E-state index contributed by atoms with van der Waals surface area (Å²) >= 11 is 12.0. The maximum Gasteiger partial charge on any atom is 0.253 e. The Labute approximate surface area is 155 Å². The molecule has 0 bridgehead atoms. The highest BCUT2D eigenvalue weighted by Gasteiger charge is 2.08. The molecule has 0 radical (unpaired) electrons. The van der Waals surface area contributed by atoms with Crippen molar-refractivity contribution >= 4 is 40.5 Å². The molecule has 5 nitrogen and oxygen atoms in total. The summed E-state index contributed by atoms with van der Waals surface area (Å²) in [5.41, 5.74) is 2.70. The van der Waals surface area contributed by atoms with Gasteiger partial charge in [0.05, 0.1) is 28.2 Å². The second-order valence-electron chi connectivity index (χ2n) is 5.26. The van der Waals surface area contributed by atoms with E-state index in [9.17, 15) is 4.79 Å². The third-order valence-corrected chi connectivity index (χ3v) is 3.93. The van der Waals surface area contributed by atoms with E-state index in [0.717, 1.165) is 5.56 Å². The van der Waals surface area contributed by atoms with Gasteiger partial charge in [-0.3, -0.25) is 14.8 Å². The van der Waals surface area contributed by atoms with Crippen LogP contribution in [0.25, 0.3) is 0 Å². The van der Waals surface area contributed by atoms with Crippen molar-refractivity contribution in [2.75, 3.05) is 5.32 Å². The Hall–Kier alpha value is -2.63. The number of rotatable bonds is 5. The normalized spacial score (nSPS) is 10.3. The number of nitrogens with zero attached hydrogens (tertiary/aromatic N) is 2. The minimum absolute atomic E-state index is 0.220. The van der Waals surface area contributed by atoms with Crippen LogP contribution in [0.15, 0.2) is 61.2 Å². The first-order valence-electron chi connectivity index (χ1n) is 7.46. The SMILES string of the molecule is O=C(NCc1cccnc1)c1cncc(Nc2ccc(Cl)cc2Cl)c1. The summed E-state index contributed by atoms with van der Waals surface area (Å²) in [6.45, 7) is 0.396. The van der Waals surface area contributed by atoms with E-state index in [4.69, 9.17) is 23.2 Å². The van der Waals surface area contributed by atoms with Gasteiger partial charge in [0.1, 0.15) is 0 Å². The number of anilines is 2. The van der Waals surface area contributed by atoms with Gasteiger partial charge < -0.3 is 10.6 Å². The Morgan fingerprint density at radius 2 is 1.92 bits per heavy atom. The predicted molar refractivity (Wildman–Crippen MR) is 99.4 cm³/mol. The molecule has 7 heteroatoms. The first-order chi connectivity index (χ1) is 12.1. The largest absolute Gasteiger partial charge is 0.353 e. The van der Waals surface area contributed by atoms with Gasteiger partial charge in [0.2, 0.25) is 0 Å². The highest BCUT2D eigenvalue weighted by Crippen LogP contribution is 2.28. The summed E-state index contributed by atoms with van der Waals surface area (Å²) < 4.78 is 0. The van der Waals surface area contributed by atoms with Crippen LogP contribution in [0, 0.1) is 0 Å². The Bertz CT molecular complexity index is 887. The molecule has 3 aromatic rings. The molecule has 0 atom stereocenters. The molecule has 1 amide bonds. The number of pyridine rings is 2. The zero-order valence-electron chi connectivity index (χ0n) is 13.0. The molecular formula is C18H14Cl2N4O. The second-order valence-corrected chi connectivity index (χ2v) is 6.10. The van der Waals surface area contributed by atoms with Crippen LogP contribution in [-0.4, -0.2) is 15.9 Å². The van der Waals surface area contributed by atoms with E-state index in [1.807, 2.05) is 12.1 Å². The van der Waals surface area contributed by atoms with Crippen molar-refractivity contribution in [3.63, 3.8) is 0 Å². The van der Waals surface area contributed by atoms with E-state index >= 15 is 0 Å². The van der Waals surface area contributed by atoms with Crippen LogP contribution in [-0.2, 0) is 6.54 Å². The van der Waals surface area contributed by atoms with E-state index in [-0.39, 0.29) is 5.91 Å². The first-order valence-corrected chi connectivity index (χ1v) is 8.21. The lowest BCUT2D eigenvalue weighted by molar-refractivity contribution is 0.0950. The zero-order chi connectivity index (χ0) is 17.6. The smallest absolute Gasteiger partial charge is 0.253 e. The van der Waals surface area contributed by atoms with E-state index in [1.54, 1.807) is 42.9 Å².